The van der Waals surface area contributed by atoms with Gasteiger partial charge < -0.3 is 15.8 Å². The second kappa shape index (κ2) is 9.06. The van der Waals surface area contributed by atoms with Crippen LogP contribution >= 0.6 is 22.7 Å². The van der Waals surface area contributed by atoms with Crippen LogP contribution in [0.2, 0.25) is 0 Å². The van der Waals surface area contributed by atoms with Crippen molar-refractivity contribution in [2.24, 2.45) is 5.92 Å². The van der Waals surface area contributed by atoms with Crippen molar-refractivity contribution in [1.29, 1.82) is 0 Å². The number of amides is 1. The summed E-state index contributed by atoms with van der Waals surface area (Å²) < 4.78 is 5.05. The number of esters is 1. The molecular weight excluding hydrogens is 454 g/mol. The minimum Gasteiger partial charge on any atom is -0.465 e. The van der Waals surface area contributed by atoms with E-state index in [1.54, 1.807) is 0 Å². The highest BCUT2D eigenvalue weighted by Gasteiger charge is 2.30. The molecule has 3 N–H and O–H groups in total. The van der Waals surface area contributed by atoms with Gasteiger partial charge in [-0.3, -0.25) is 4.79 Å². The number of methoxy groups -OCH3 is 1. The Morgan fingerprint density at radius 3 is 2.73 bits per heavy atom. The zero-order valence-electron chi connectivity index (χ0n) is 19.1. The van der Waals surface area contributed by atoms with E-state index in [-0.39, 0.29) is 5.91 Å². The molecule has 5 rings (SSSR count). The maximum atomic E-state index is 13.3. The number of nitrogens with one attached hydrogen (secondary N) is 1. The summed E-state index contributed by atoms with van der Waals surface area (Å²) in [5.74, 6) is -0.128. The monoisotopic (exact) mass is 483 g/mol. The number of carbonyl (C=O) groups excluding carboxylic acids is 2. The van der Waals surface area contributed by atoms with Crippen LogP contribution in [0.3, 0.4) is 0 Å². The van der Waals surface area contributed by atoms with Gasteiger partial charge >= 0.3 is 5.97 Å². The molecule has 3 heterocycles. The fourth-order valence-electron chi connectivity index (χ4n) is 5.00. The number of aromatic nitrogens is 1. The van der Waals surface area contributed by atoms with Crippen molar-refractivity contribution in [3.8, 4) is 0 Å². The van der Waals surface area contributed by atoms with Crippen LogP contribution in [0.15, 0.2) is 6.07 Å². The standard InChI is InChI=1S/C25H29N3O3S2/c1-13-9-10-15-18(11-13)32-24(19(15)25(30)31-2)28-22(29)21-20(26)16-12-14-7-5-3-4-6-8-17(14)27-23(16)33-21/h12-13H,3-11,26H2,1-2H3,(H,28,29). The Bertz CT molecular complexity index is 1240. The predicted molar refractivity (Wildman–Crippen MR) is 135 cm³/mol. The van der Waals surface area contributed by atoms with Crippen molar-refractivity contribution in [3.05, 3.63) is 38.2 Å². The first kappa shape index (κ1) is 22.3. The summed E-state index contributed by atoms with van der Waals surface area (Å²) in [6.45, 7) is 2.22. The number of rotatable bonds is 3. The Morgan fingerprint density at radius 1 is 1.15 bits per heavy atom. The Morgan fingerprint density at radius 2 is 1.94 bits per heavy atom. The van der Waals surface area contributed by atoms with Gasteiger partial charge in [0, 0.05) is 16.0 Å². The van der Waals surface area contributed by atoms with Gasteiger partial charge in [0.1, 0.15) is 14.7 Å². The van der Waals surface area contributed by atoms with E-state index in [4.69, 9.17) is 15.5 Å². The number of fused-ring (bicyclic) bond motifs is 3. The second-order valence-electron chi connectivity index (χ2n) is 9.21. The van der Waals surface area contributed by atoms with E-state index < -0.39 is 5.97 Å². The molecule has 174 valence electrons. The highest BCUT2D eigenvalue weighted by molar-refractivity contribution is 7.21. The Labute approximate surface area is 201 Å². The molecule has 0 radical (unpaired) electrons. The number of nitrogen functional groups attached to an aromatic ring is 1. The van der Waals surface area contributed by atoms with Crippen LogP contribution in [-0.4, -0.2) is 24.0 Å². The topological polar surface area (TPSA) is 94.3 Å². The maximum Gasteiger partial charge on any atom is 0.341 e. The summed E-state index contributed by atoms with van der Waals surface area (Å²) in [5.41, 5.74) is 10.8. The fourth-order valence-corrected chi connectivity index (χ4v) is 7.38. The van der Waals surface area contributed by atoms with E-state index in [1.807, 2.05) is 0 Å². The van der Waals surface area contributed by atoms with E-state index in [9.17, 15) is 9.59 Å². The predicted octanol–water partition coefficient (Wildman–Crippen LogP) is 5.76. The molecule has 33 heavy (non-hydrogen) atoms. The number of anilines is 2. The van der Waals surface area contributed by atoms with E-state index in [0.717, 1.165) is 71.3 Å². The van der Waals surface area contributed by atoms with Gasteiger partial charge in [-0.15, -0.1) is 22.7 Å². The van der Waals surface area contributed by atoms with Crippen molar-refractivity contribution in [3.63, 3.8) is 0 Å². The number of hydrogen-bond donors (Lipinski definition) is 2. The lowest BCUT2D eigenvalue weighted by atomic mass is 9.88. The molecule has 3 aromatic rings. The van der Waals surface area contributed by atoms with Crippen LogP contribution in [0.25, 0.3) is 10.2 Å². The summed E-state index contributed by atoms with van der Waals surface area (Å²) in [5, 5.41) is 4.40. The van der Waals surface area contributed by atoms with Crippen molar-refractivity contribution in [1.82, 2.24) is 4.98 Å². The van der Waals surface area contributed by atoms with Gasteiger partial charge in [-0.2, -0.15) is 0 Å². The minimum atomic E-state index is -0.400. The summed E-state index contributed by atoms with van der Waals surface area (Å²) in [6.07, 6.45) is 9.56. The van der Waals surface area contributed by atoms with Crippen LogP contribution in [0, 0.1) is 5.92 Å². The van der Waals surface area contributed by atoms with Gasteiger partial charge in [0.05, 0.1) is 18.4 Å². The SMILES string of the molecule is COC(=O)c1c(NC(=O)c2sc3nc4c(cc3c2N)CCCCCC4)sc2c1CCC(C)C2. The summed E-state index contributed by atoms with van der Waals surface area (Å²) in [6, 6.07) is 2.14. The molecule has 2 aliphatic carbocycles. The largest absolute Gasteiger partial charge is 0.465 e. The van der Waals surface area contributed by atoms with Crippen molar-refractivity contribution < 1.29 is 14.3 Å². The summed E-state index contributed by atoms with van der Waals surface area (Å²) in [4.78, 5) is 33.2. The molecule has 0 spiro atoms. The van der Waals surface area contributed by atoms with Crippen molar-refractivity contribution in [2.75, 3.05) is 18.2 Å². The molecule has 2 aliphatic rings. The number of ether oxygens (including phenoxy) is 1. The number of hydrogen-bond acceptors (Lipinski definition) is 7. The number of nitrogens with two attached hydrogens (primary N) is 1. The van der Waals surface area contributed by atoms with E-state index in [2.05, 4.69) is 18.3 Å². The molecule has 0 aliphatic heterocycles. The first-order valence-corrected chi connectivity index (χ1v) is 13.3. The average molecular weight is 484 g/mol. The smallest absolute Gasteiger partial charge is 0.341 e. The average Bonchev–Trinajstić information content (AvgIpc) is 3.29. The molecule has 0 aromatic carbocycles. The molecule has 0 saturated carbocycles. The zero-order valence-corrected chi connectivity index (χ0v) is 20.7. The Balaban J connectivity index is 1.50. The normalized spacial score (nSPS) is 18.2. The first-order chi connectivity index (χ1) is 16.0. The molecule has 1 amide bonds. The van der Waals surface area contributed by atoms with Crippen LogP contribution in [0.5, 0.6) is 0 Å². The highest BCUT2D eigenvalue weighted by atomic mass is 32.1. The molecule has 0 saturated heterocycles. The van der Waals surface area contributed by atoms with Crippen LogP contribution < -0.4 is 11.1 Å². The van der Waals surface area contributed by atoms with Gasteiger partial charge in [0.15, 0.2) is 0 Å². The molecule has 0 fully saturated rings. The lowest BCUT2D eigenvalue weighted by Gasteiger charge is -2.18. The first-order valence-electron chi connectivity index (χ1n) is 11.7. The van der Waals surface area contributed by atoms with Crippen molar-refractivity contribution >= 4 is 55.5 Å². The van der Waals surface area contributed by atoms with Crippen LogP contribution in [0.4, 0.5) is 10.7 Å². The van der Waals surface area contributed by atoms with E-state index >= 15 is 0 Å². The number of aryl methyl sites for hydroxylation is 2. The lowest BCUT2D eigenvalue weighted by Crippen LogP contribution is -2.16. The third-order valence-corrected chi connectivity index (χ3v) is 9.12. The Kier molecular flexibility index (Phi) is 6.14. The quantitative estimate of drug-likeness (QED) is 0.462. The van der Waals surface area contributed by atoms with E-state index in [0.29, 0.717) is 27.0 Å². The number of pyridine rings is 1. The van der Waals surface area contributed by atoms with Crippen LogP contribution in [-0.2, 0) is 30.4 Å². The van der Waals surface area contributed by atoms with Crippen LogP contribution in [0.1, 0.15) is 80.8 Å². The second-order valence-corrected chi connectivity index (χ2v) is 11.3. The minimum absolute atomic E-state index is 0.292. The van der Waals surface area contributed by atoms with Gasteiger partial charge in [-0.05, 0) is 68.1 Å². The number of carbonyl (C=O) groups is 2. The number of thiophene rings is 2. The third-order valence-electron chi connectivity index (χ3n) is 6.83. The van der Waals surface area contributed by atoms with Gasteiger partial charge in [-0.25, -0.2) is 9.78 Å². The highest BCUT2D eigenvalue weighted by Crippen LogP contribution is 2.41. The van der Waals surface area contributed by atoms with Gasteiger partial charge in [-0.1, -0.05) is 19.8 Å². The molecule has 0 bridgehead atoms. The van der Waals surface area contributed by atoms with Gasteiger partial charge in [0.2, 0.25) is 0 Å². The summed E-state index contributed by atoms with van der Waals surface area (Å²) in [7, 11) is 1.38. The summed E-state index contributed by atoms with van der Waals surface area (Å²) >= 11 is 2.82. The molecule has 1 atom stereocenters. The molecular formula is C25H29N3O3S2. The molecule has 3 aromatic heterocycles. The third kappa shape index (κ3) is 4.15. The molecule has 1 unspecified atom stereocenters. The number of nitrogens with zero attached hydrogens (tertiary/aromatic N) is 1. The Hall–Kier alpha value is -2.45. The van der Waals surface area contributed by atoms with E-state index in [1.165, 1.54) is 48.2 Å². The molecule has 8 heteroatoms. The maximum absolute atomic E-state index is 13.3. The fraction of sp³-hybridized carbons (Fsp3) is 0.480. The lowest BCUT2D eigenvalue weighted by molar-refractivity contribution is 0.0601. The zero-order chi connectivity index (χ0) is 23.1. The van der Waals surface area contributed by atoms with Gasteiger partial charge in [0.25, 0.3) is 5.91 Å². The molecule has 6 nitrogen and oxygen atoms in total. The van der Waals surface area contributed by atoms with Crippen molar-refractivity contribution in [2.45, 2.75) is 64.7 Å².